The number of hydrogen-bond donors (Lipinski definition) is 2. The number of carbonyl (C=O) groups excluding carboxylic acids is 2. The first-order valence-electron chi connectivity index (χ1n) is 7.94. The van der Waals surface area contributed by atoms with Crippen LogP contribution in [0.1, 0.15) is 33.5 Å². The molecule has 0 aliphatic heterocycles. The van der Waals surface area contributed by atoms with Crippen molar-refractivity contribution in [1.82, 2.24) is 0 Å². The molecule has 0 atom stereocenters. The molecule has 2 aromatic carbocycles. The topological polar surface area (TPSA) is 75.6 Å². The molecule has 0 saturated carbocycles. The van der Waals surface area contributed by atoms with Gasteiger partial charge in [0.1, 0.15) is 0 Å². The summed E-state index contributed by atoms with van der Waals surface area (Å²) in [4.78, 5) is 23.8. The van der Waals surface area contributed by atoms with E-state index in [9.17, 15) is 9.59 Å². The lowest BCUT2D eigenvalue weighted by atomic mass is 10.1. The van der Waals surface area contributed by atoms with Gasteiger partial charge in [0.2, 0.25) is 0 Å². The van der Waals surface area contributed by atoms with Crippen LogP contribution in [0.3, 0.4) is 0 Å². The van der Waals surface area contributed by atoms with E-state index in [-0.39, 0.29) is 19.1 Å². The van der Waals surface area contributed by atoms with Gasteiger partial charge in [0.15, 0.2) is 6.61 Å². The van der Waals surface area contributed by atoms with Crippen LogP contribution in [0.4, 0.5) is 5.69 Å². The maximum absolute atomic E-state index is 11.9. The van der Waals surface area contributed by atoms with Gasteiger partial charge in [-0.15, -0.1) is 0 Å². The lowest BCUT2D eigenvalue weighted by molar-refractivity contribution is -0.119. The Hall–Kier alpha value is -2.66. The quantitative estimate of drug-likeness (QED) is 0.828. The van der Waals surface area contributed by atoms with Crippen molar-refractivity contribution in [2.24, 2.45) is 0 Å². The predicted octanol–water partition coefficient (Wildman–Crippen LogP) is 2.46. The highest BCUT2D eigenvalue weighted by atomic mass is 16.5. The monoisotopic (exact) mass is 325 g/mol. The minimum Gasteiger partial charge on any atom is -0.452 e. The van der Waals surface area contributed by atoms with Crippen molar-refractivity contribution >= 4 is 17.6 Å². The van der Waals surface area contributed by atoms with E-state index >= 15 is 0 Å². The van der Waals surface area contributed by atoms with Gasteiger partial charge in [0.25, 0.3) is 5.91 Å². The number of nitrogens with one attached hydrogen (secondary N) is 1. The molecule has 0 fully saturated rings. The number of carbonyl (C=O) groups is 2. The summed E-state index contributed by atoms with van der Waals surface area (Å²) < 4.78 is 5.01. The zero-order valence-electron chi connectivity index (χ0n) is 13.2. The average molecular weight is 325 g/mol. The fourth-order valence-electron chi connectivity index (χ4n) is 2.81. The van der Waals surface area contributed by atoms with Crippen LogP contribution in [0.2, 0.25) is 0 Å². The summed E-state index contributed by atoms with van der Waals surface area (Å²) in [5.74, 6) is -0.933. The van der Waals surface area contributed by atoms with Crippen LogP contribution in [0.5, 0.6) is 0 Å². The summed E-state index contributed by atoms with van der Waals surface area (Å²) in [6, 6.07) is 12.3. The number of anilines is 1. The van der Waals surface area contributed by atoms with Gasteiger partial charge in [0.05, 0.1) is 12.2 Å². The lowest BCUT2D eigenvalue weighted by Crippen LogP contribution is -2.21. The summed E-state index contributed by atoms with van der Waals surface area (Å²) in [6.07, 6.45) is 3.29. The van der Waals surface area contributed by atoms with Crippen LogP contribution < -0.4 is 5.32 Å². The molecule has 0 spiro atoms. The Kier molecular flexibility index (Phi) is 4.91. The molecule has 2 aromatic rings. The molecule has 0 heterocycles. The fourth-order valence-corrected chi connectivity index (χ4v) is 2.81. The Balaban J connectivity index is 1.52. The second kappa shape index (κ2) is 7.27. The number of fused-ring (bicyclic) bond motifs is 1. The minimum atomic E-state index is -0.566. The largest absolute Gasteiger partial charge is 0.452 e. The van der Waals surface area contributed by atoms with Gasteiger partial charge in [-0.05, 0) is 60.2 Å². The maximum atomic E-state index is 11.9. The van der Waals surface area contributed by atoms with E-state index in [2.05, 4.69) is 5.32 Å². The van der Waals surface area contributed by atoms with Gasteiger partial charge in [-0.3, -0.25) is 4.79 Å². The molecule has 1 amide bonds. The second-order valence-electron chi connectivity index (χ2n) is 5.82. The molecule has 5 heteroatoms. The van der Waals surface area contributed by atoms with Gasteiger partial charge in [-0.25, -0.2) is 4.79 Å². The molecule has 0 bridgehead atoms. The SMILES string of the molecule is O=C(COC(=O)c1ccc(CO)cc1)Nc1ccc2c(c1)CCC2. The number of esters is 1. The van der Waals surface area contributed by atoms with Crippen LogP contribution in [0.25, 0.3) is 0 Å². The molecular weight excluding hydrogens is 306 g/mol. The number of rotatable bonds is 5. The number of amides is 1. The third-order valence-electron chi connectivity index (χ3n) is 4.09. The third-order valence-corrected chi connectivity index (χ3v) is 4.09. The van der Waals surface area contributed by atoms with Gasteiger partial charge in [-0.2, -0.15) is 0 Å². The van der Waals surface area contributed by atoms with E-state index in [0.29, 0.717) is 11.1 Å². The van der Waals surface area contributed by atoms with Crippen LogP contribution in [0, 0.1) is 0 Å². The molecule has 1 aliphatic rings. The second-order valence-corrected chi connectivity index (χ2v) is 5.82. The number of benzene rings is 2. The molecule has 3 rings (SSSR count). The first-order valence-corrected chi connectivity index (χ1v) is 7.94. The van der Waals surface area contributed by atoms with Crippen molar-refractivity contribution in [2.75, 3.05) is 11.9 Å². The van der Waals surface area contributed by atoms with Crippen LogP contribution in [-0.2, 0) is 29.0 Å². The molecule has 0 radical (unpaired) electrons. The summed E-state index contributed by atoms with van der Waals surface area (Å²) >= 11 is 0. The minimum absolute atomic E-state index is 0.0848. The molecule has 0 aromatic heterocycles. The Morgan fingerprint density at radius 1 is 1.04 bits per heavy atom. The molecule has 0 saturated heterocycles. The van der Waals surface area contributed by atoms with Crippen LogP contribution in [-0.4, -0.2) is 23.6 Å². The number of hydrogen-bond acceptors (Lipinski definition) is 4. The molecule has 0 unspecified atom stereocenters. The number of aryl methyl sites for hydroxylation is 2. The van der Waals surface area contributed by atoms with Gasteiger partial charge < -0.3 is 15.2 Å². The smallest absolute Gasteiger partial charge is 0.338 e. The predicted molar refractivity (Wildman–Crippen MR) is 89.7 cm³/mol. The highest BCUT2D eigenvalue weighted by molar-refractivity contribution is 5.95. The van der Waals surface area contributed by atoms with E-state index in [1.807, 2.05) is 18.2 Å². The van der Waals surface area contributed by atoms with E-state index in [1.54, 1.807) is 24.3 Å². The van der Waals surface area contributed by atoms with Crippen molar-refractivity contribution in [3.8, 4) is 0 Å². The van der Waals surface area contributed by atoms with Crippen molar-refractivity contribution in [3.63, 3.8) is 0 Å². The van der Waals surface area contributed by atoms with Crippen molar-refractivity contribution < 1.29 is 19.4 Å². The zero-order chi connectivity index (χ0) is 16.9. The lowest BCUT2D eigenvalue weighted by Gasteiger charge is -2.08. The number of ether oxygens (including phenoxy) is 1. The highest BCUT2D eigenvalue weighted by Gasteiger charge is 2.13. The van der Waals surface area contributed by atoms with Crippen molar-refractivity contribution in [2.45, 2.75) is 25.9 Å². The van der Waals surface area contributed by atoms with E-state index in [0.717, 1.165) is 24.9 Å². The fraction of sp³-hybridized carbons (Fsp3) is 0.263. The Bertz CT molecular complexity index is 752. The normalized spacial score (nSPS) is 12.5. The molecule has 2 N–H and O–H groups in total. The van der Waals surface area contributed by atoms with Gasteiger partial charge >= 0.3 is 5.97 Å². The summed E-state index contributed by atoms with van der Waals surface area (Å²) in [5.41, 5.74) is 4.39. The molecule has 24 heavy (non-hydrogen) atoms. The standard InChI is InChI=1S/C19H19NO4/c21-11-13-4-6-15(7-5-13)19(23)24-12-18(22)20-17-9-8-14-2-1-3-16(14)10-17/h4-10,21H,1-3,11-12H2,(H,20,22). The Morgan fingerprint density at radius 2 is 1.79 bits per heavy atom. The zero-order valence-corrected chi connectivity index (χ0v) is 13.2. The molecule has 124 valence electrons. The molecule has 5 nitrogen and oxygen atoms in total. The summed E-state index contributed by atoms with van der Waals surface area (Å²) in [6.45, 7) is -0.420. The van der Waals surface area contributed by atoms with E-state index in [1.165, 1.54) is 11.1 Å². The van der Waals surface area contributed by atoms with Gasteiger partial charge in [0, 0.05) is 5.69 Å². The Morgan fingerprint density at radius 3 is 2.54 bits per heavy atom. The van der Waals surface area contributed by atoms with Crippen molar-refractivity contribution in [1.29, 1.82) is 0 Å². The summed E-state index contributed by atoms with van der Waals surface area (Å²) in [5, 5.41) is 11.7. The van der Waals surface area contributed by atoms with Crippen LogP contribution in [0.15, 0.2) is 42.5 Å². The van der Waals surface area contributed by atoms with E-state index in [4.69, 9.17) is 9.84 Å². The van der Waals surface area contributed by atoms with Crippen LogP contribution >= 0.6 is 0 Å². The van der Waals surface area contributed by atoms with E-state index < -0.39 is 5.97 Å². The first-order chi connectivity index (χ1) is 11.7. The molecular formula is C19H19NO4. The average Bonchev–Trinajstić information content (AvgIpc) is 3.07. The Labute approximate surface area is 140 Å². The molecule has 1 aliphatic carbocycles. The maximum Gasteiger partial charge on any atom is 0.338 e. The number of aliphatic hydroxyl groups excluding tert-OH is 1. The van der Waals surface area contributed by atoms with Crippen molar-refractivity contribution in [3.05, 3.63) is 64.7 Å². The number of aliphatic hydroxyl groups is 1. The highest BCUT2D eigenvalue weighted by Crippen LogP contribution is 2.24. The first kappa shape index (κ1) is 16.2. The summed E-state index contributed by atoms with van der Waals surface area (Å²) in [7, 11) is 0. The van der Waals surface area contributed by atoms with Gasteiger partial charge in [-0.1, -0.05) is 18.2 Å². The third kappa shape index (κ3) is 3.81.